The molecule has 8 heteroatoms. The second kappa shape index (κ2) is 7.36. The minimum atomic E-state index is 0.0974. The van der Waals surface area contributed by atoms with Gasteiger partial charge in [-0.05, 0) is 18.2 Å². The van der Waals surface area contributed by atoms with Gasteiger partial charge >= 0.3 is 6.41 Å². The number of ether oxygens (including phenoxy) is 1. The molecule has 0 atom stereocenters. The van der Waals surface area contributed by atoms with Crippen molar-refractivity contribution in [3.8, 4) is 22.9 Å². The van der Waals surface area contributed by atoms with Gasteiger partial charge in [0.15, 0.2) is 22.8 Å². The summed E-state index contributed by atoms with van der Waals surface area (Å²) in [6, 6.07) is 14.3. The van der Waals surface area contributed by atoms with Gasteiger partial charge in [0.2, 0.25) is 0 Å². The Balaban J connectivity index is 1.85. The number of aromatic hydroxyl groups is 1. The van der Waals surface area contributed by atoms with E-state index >= 15 is 0 Å². The molecule has 0 spiro atoms. The average molecular weight is 374 g/mol. The van der Waals surface area contributed by atoms with Gasteiger partial charge in [0.1, 0.15) is 11.5 Å². The molecule has 2 heterocycles. The lowest BCUT2D eigenvalue weighted by Gasteiger charge is -2.10. The Morgan fingerprint density at radius 1 is 1.18 bits per heavy atom. The number of imidazole rings is 1. The lowest BCUT2D eigenvalue weighted by Crippen LogP contribution is -2.05. The molecule has 2 aromatic carbocycles. The van der Waals surface area contributed by atoms with Crippen molar-refractivity contribution in [3.05, 3.63) is 60.4 Å². The Labute approximate surface area is 160 Å². The highest BCUT2D eigenvalue weighted by Gasteiger charge is 2.16. The van der Waals surface area contributed by atoms with Crippen LogP contribution in [0.25, 0.3) is 22.6 Å². The quantitative estimate of drug-likeness (QED) is 0.503. The highest BCUT2D eigenvalue weighted by molar-refractivity contribution is 5.90. The lowest BCUT2D eigenvalue weighted by molar-refractivity contribution is 0.408. The zero-order valence-corrected chi connectivity index (χ0v) is 15.0. The Bertz CT molecular complexity index is 1160. The molecule has 28 heavy (non-hydrogen) atoms. The maximum absolute atomic E-state index is 10.9. The predicted molar refractivity (Wildman–Crippen MR) is 104 cm³/mol. The van der Waals surface area contributed by atoms with Gasteiger partial charge in [0.05, 0.1) is 20.0 Å². The number of carbonyl (C=O) groups excluding carboxylic acids is 1. The minimum Gasteiger partial charge on any atom is -0.508 e. The van der Waals surface area contributed by atoms with Gasteiger partial charge in [-0.25, -0.2) is 15.0 Å². The standard InChI is InChI=1S/C20H16N5O3/c1-28-16-8-3-2-5-14(16)10-25-11-21-17-19(22-12-26)23-18(24-20(17)25)13-6-4-7-15(27)9-13/h2-9,11,27H,10H2,1H3,(H,22,23,24,26). The number of aromatic nitrogens is 4. The molecule has 2 aromatic heterocycles. The van der Waals surface area contributed by atoms with E-state index in [2.05, 4.69) is 20.3 Å². The minimum absolute atomic E-state index is 0.0974. The first kappa shape index (κ1) is 17.5. The first-order valence-corrected chi connectivity index (χ1v) is 8.47. The van der Waals surface area contributed by atoms with Crippen LogP contribution in [0.1, 0.15) is 5.56 Å². The van der Waals surface area contributed by atoms with E-state index < -0.39 is 0 Å². The van der Waals surface area contributed by atoms with E-state index in [-0.39, 0.29) is 11.6 Å². The number of methoxy groups -OCH3 is 1. The van der Waals surface area contributed by atoms with E-state index in [1.165, 1.54) is 0 Å². The monoisotopic (exact) mass is 374 g/mol. The second-order valence-electron chi connectivity index (χ2n) is 6.03. The van der Waals surface area contributed by atoms with Crippen molar-refractivity contribution in [3.63, 3.8) is 0 Å². The van der Waals surface area contributed by atoms with Crippen LogP contribution >= 0.6 is 0 Å². The van der Waals surface area contributed by atoms with Crippen molar-refractivity contribution in [2.24, 2.45) is 0 Å². The summed E-state index contributed by atoms with van der Waals surface area (Å²) in [5.74, 6) is 1.45. The number of phenols is 1. The van der Waals surface area contributed by atoms with Crippen LogP contribution in [0.5, 0.6) is 11.5 Å². The normalized spacial score (nSPS) is 10.8. The summed E-state index contributed by atoms with van der Waals surface area (Å²) < 4.78 is 7.26. The number of hydrogen-bond donors (Lipinski definition) is 2. The molecular weight excluding hydrogens is 358 g/mol. The third kappa shape index (κ3) is 3.23. The molecule has 0 bridgehead atoms. The third-order valence-electron chi connectivity index (χ3n) is 4.27. The van der Waals surface area contributed by atoms with E-state index in [0.717, 1.165) is 11.3 Å². The fraction of sp³-hybridized carbons (Fsp3) is 0.100. The molecule has 0 unspecified atom stereocenters. The highest BCUT2D eigenvalue weighted by Crippen LogP contribution is 2.27. The molecule has 139 valence electrons. The van der Waals surface area contributed by atoms with Gasteiger partial charge in [0.25, 0.3) is 0 Å². The number of rotatable bonds is 6. The van der Waals surface area contributed by atoms with Crippen LogP contribution in [0.3, 0.4) is 0 Å². The summed E-state index contributed by atoms with van der Waals surface area (Å²) >= 11 is 0. The summed E-state index contributed by atoms with van der Waals surface area (Å²) in [5, 5.41) is 12.2. The van der Waals surface area contributed by atoms with Gasteiger partial charge in [-0.2, -0.15) is 0 Å². The van der Waals surface area contributed by atoms with Gasteiger partial charge < -0.3 is 19.7 Å². The van der Waals surface area contributed by atoms with Crippen molar-refractivity contribution >= 4 is 23.4 Å². The Hall–Kier alpha value is -3.94. The van der Waals surface area contributed by atoms with Crippen molar-refractivity contribution in [1.29, 1.82) is 0 Å². The summed E-state index contributed by atoms with van der Waals surface area (Å²) in [6.45, 7) is 0.473. The van der Waals surface area contributed by atoms with E-state index in [0.29, 0.717) is 29.1 Å². The molecule has 8 nitrogen and oxygen atoms in total. The van der Waals surface area contributed by atoms with Crippen molar-refractivity contribution in [1.82, 2.24) is 19.5 Å². The zero-order chi connectivity index (χ0) is 19.5. The summed E-state index contributed by atoms with van der Waals surface area (Å²) in [4.78, 5) is 24.2. The van der Waals surface area contributed by atoms with Crippen LogP contribution in [0.15, 0.2) is 54.9 Å². The van der Waals surface area contributed by atoms with Crippen LogP contribution in [-0.4, -0.2) is 38.1 Å². The number of anilines is 1. The van der Waals surface area contributed by atoms with E-state index in [4.69, 9.17) is 4.74 Å². The van der Waals surface area contributed by atoms with E-state index in [1.807, 2.05) is 28.8 Å². The number of phenolic OH excluding ortho intramolecular Hbond substituents is 1. The zero-order valence-electron chi connectivity index (χ0n) is 15.0. The average Bonchev–Trinajstić information content (AvgIpc) is 3.12. The fourth-order valence-electron chi connectivity index (χ4n) is 2.99. The van der Waals surface area contributed by atoms with E-state index in [1.54, 1.807) is 44.1 Å². The number of hydrogen-bond acceptors (Lipinski definition) is 6. The molecule has 0 saturated heterocycles. The Morgan fingerprint density at radius 3 is 2.82 bits per heavy atom. The van der Waals surface area contributed by atoms with Crippen molar-refractivity contribution in [2.45, 2.75) is 6.54 Å². The predicted octanol–water partition coefficient (Wildman–Crippen LogP) is 2.73. The molecule has 0 aliphatic rings. The number of nitrogens with zero attached hydrogens (tertiary/aromatic N) is 4. The SMILES string of the molecule is COc1ccccc1Cn1cnc2c(N[C]=O)nc(-c3cccc(O)c3)nc21. The molecule has 0 aliphatic heterocycles. The molecule has 0 fully saturated rings. The maximum atomic E-state index is 10.9. The summed E-state index contributed by atoms with van der Waals surface area (Å²) in [7, 11) is 1.62. The van der Waals surface area contributed by atoms with Crippen molar-refractivity contribution < 1.29 is 14.6 Å². The first-order valence-electron chi connectivity index (χ1n) is 8.47. The number of fused-ring (bicyclic) bond motifs is 1. The second-order valence-corrected chi connectivity index (χ2v) is 6.03. The Morgan fingerprint density at radius 2 is 2.04 bits per heavy atom. The number of nitrogens with one attached hydrogen (secondary N) is 1. The largest absolute Gasteiger partial charge is 0.508 e. The van der Waals surface area contributed by atoms with Crippen LogP contribution in [0.4, 0.5) is 5.82 Å². The maximum Gasteiger partial charge on any atom is 0.315 e. The molecule has 1 radical (unpaired) electrons. The summed E-state index contributed by atoms with van der Waals surface area (Å²) in [5.41, 5.74) is 2.55. The van der Waals surface area contributed by atoms with E-state index in [9.17, 15) is 9.90 Å². The molecule has 4 aromatic rings. The Kier molecular flexibility index (Phi) is 4.59. The molecule has 0 aliphatic carbocycles. The first-order chi connectivity index (χ1) is 13.7. The van der Waals surface area contributed by atoms with Gasteiger partial charge in [0, 0.05) is 11.1 Å². The molecular formula is C20H16N5O3. The van der Waals surface area contributed by atoms with Crippen molar-refractivity contribution in [2.75, 3.05) is 12.4 Å². The molecule has 1 amide bonds. The number of benzene rings is 2. The highest BCUT2D eigenvalue weighted by atomic mass is 16.5. The molecule has 4 rings (SSSR count). The van der Waals surface area contributed by atoms with Gasteiger partial charge in [-0.15, -0.1) is 0 Å². The smallest absolute Gasteiger partial charge is 0.315 e. The number of amides is 1. The molecule has 0 saturated carbocycles. The topological polar surface area (TPSA) is 102 Å². The molecule has 2 N–H and O–H groups in total. The van der Waals surface area contributed by atoms with Crippen LogP contribution in [-0.2, 0) is 11.3 Å². The van der Waals surface area contributed by atoms with Gasteiger partial charge in [-0.3, -0.25) is 4.79 Å². The van der Waals surface area contributed by atoms with Crippen LogP contribution in [0.2, 0.25) is 0 Å². The summed E-state index contributed by atoms with van der Waals surface area (Å²) in [6.07, 6.45) is 3.27. The lowest BCUT2D eigenvalue weighted by atomic mass is 10.2. The van der Waals surface area contributed by atoms with Crippen LogP contribution in [0, 0.1) is 0 Å². The third-order valence-corrected chi connectivity index (χ3v) is 4.27. The van der Waals surface area contributed by atoms with Gasteiger partial charge in [-0.1, -0.05) is 30.3 Å². The number of para-hydroxylation sites is 1. The van der Waals surface area contributed by atoms with Crippen LogP contribution < -0.4 is 10.1 Å². The fourth-order valence-corrected chi connectivity index (χ4v) is 2.99.